The van der Waals surface area contributed by atoms with Crippen molar-refractivity contribution in [2.75, 3.05) is 29.9 Å². The van der Waals surface area contributed by atoms with E-state index in [-0.39, 0.29) is 18.5 Å². The second-order valence-electron chi connectivity index (χ2n) is 6.39. The van der Waals surface area contributed by atoms with Gasteiger partial charge in [0.2, 0.25) is 5.91 Å². The molecule has 3 aromatic heterocycles. The molecule has 26 heavy (non-hydrogen) atoms. The summed E-state index contributed by atoms with van der Waals surface area (Å²) in [6.07, 6.45) is 8.83. The maximum Gasteiger partial charge on any atom is 0.239 e. The van der Waals surface area contributed by atoms with Gasteiger partial charge in [-0.25, -0.2) is 9.97 Å². The van der Waals surface area contributed by atoms with E-state index < -0.39 is 0 Å². The number of rotatable bonds is 5. The van der Waals surface area contributed by atoms with E-state index in [2.05, 4.69) is 35.5 Å². The van der Waals surface area contributed by atoms with Crippen LogP contribution < -0.4 is 15.5 Å². The van der Waals surface area contributed by atoms with Crippen LogP contribution >= 0.6 is 0 Å². The van der Waals surface area contributed by atoms with Gasteiger partial charge < -0.3 is 20.5 Å². The molecule has 0 aromatic carbocycles. The number of piperidine rings is 1. The smallest absolute Gasteiger partial charge is 0.239 e. The first-order chi connectivity index (χ1) is 12.8. The summed E-state index contributed by atoms with van der Waals surface area (Å²) in [4.78, 5) is 30.3. The number of fused-ring (bicyclic) bond motifs is 1. The molecular formula is C18H21N7O. The molecule has 1 saturated heterocycles. The first-order valence-electron chi connectivity index (χ1n) is 8.76. The number of amides is 1. The molecule has 1 amide bonds. The van der Waals surface area contributed by atoms with Crippen LogP contribution in [-0.2, 0) is 4.79 Å². The minimum Gasteiger partial charge on any atom is -0.375 e. The fraction of sp³-hybridized carbons (Fsp3) is 0.333. The lowest BCUT2D eigenvalue weighted by Gasteiger charge is -2.34. The first-order valence-corrected chi connectivity index (χ1v) is 8.76. The number of carbonyl (C=O) groups excluding carboxylic acids is 1. The highest BCUT2D eigenvalue weighted by atomic mass is 16.2. The second kappa shape index (κ2) is 7.38. The number of H-pyrrole nitrogens is 1. The van der Waals surface area contributed by atoms with E-state index in [9.17, 15) is 4.79 Å². The van der Waals surface area contributed by atoms with Gasteiger partial charge in [-0.3, -0.25) is 9.78 Å². The van der Waals surface area contributed by atoms with E-state index in [1.165, 1.54) is 0 Å². The van der Waals surface area contributed by atoms with Gasteiger partial charge in [0.25, 0.3) is 0 Å². The average Bonchev–Trinajstić information content (AvgIpc) is 3.16. The Labute approximate surface area is 151 Å². The third-order valence-corrected chi connectivity index (χ3v) is 4.53. The summed E-state index contributed by atoms with van der Waals surface area (Å²) in [6.45, 7) is 1.91. The maximum atomic E-state index is 12.3. The molecule has 0 saturated carbocycles. The van der Waals surface area contributed by atoms with Crippen molar-refractivity contribution >= 4 is 28.4 Å². The Balaban J connectivity index is 1.36. The fourth-order valence-electron chi connectivity index (χ4n) is 3.33. The molecule has 0 bridgehead atoms. The Kier molecular flexibility index (Phi) is 4.63. The lowest BCUT2D eigenvalue weighted by Crippen LogP contribution is -2.49. The summed E-state index contributed by atoms with van der Waals surface area (Å²) in [5.74, 6) is 0.902. The number of aromatic nitrogens is 4. The number of nitrogens with one attached hydrogen (secondary N) is 3. The Morgan fingerprint density at radius 2 is 2.31 bits per heavy atom. The SMILES string of the molecule is O=C(CNc1cccnc1)NC1CCCN(c2ncnc3[nH]ccc23)C1. The quantitative estimate of drug-likeness (QED) is 0.645. The Hall–Kier alpha value is -3.16. The third kappa shape index (κ3) is 3.58. The van der Waals surface area contributed by atoms with Crippen molar-refractivity contribution in [3.8, 4) is 0 Å². The standard InChI is InChI=1S/C18H21N7O/c26-16(10-21-13-3-1-6-19-9-13)24-14-4-2-8-25(11-14)18-15-5-7-20-17(15)22-12-23-18/h1,3,5-7,9,12,14,21H,2,4,8,10-11H2,(H,24,26)(H,20,22,23). The molecule has 3 N–H and O–H groups in total. The molecule has 4 heterocycles. The van der Waals surface area contributed by atoms with Gasteiger partial charge in [-0.1, -0.05) is 0 Å². The van der Waals surface area contributed by atoms with Crippen LogP contribution in [0.2, 0.25) is 0 Å². The molecule has 4 rings (SSSR count). The molecule has 8 nitrogen and oxygen atoms in total. The predicted molar refractivity (Wildman–Crippen MR) is 100.0 cm³/mol. The van der Waals surface area contributed by atoms with Crippen molar-refractivity contribution in [3.05, 3.63) is 43.1 Å². The van der Waals surface area contributed by atoms with Crippen LogP contribution in [0, 0.1) is 0 Å². The Morgan fingerprint density at radius 3 is 3.19 bits per heavy atom. The Morgan fingerprint density at radius 1 is 1.35 bits per heavy atom. The van der Waals surface area contributed by atoms with Gasteiger partial charge in [0.15, 0.2) is 0 Å². The summed E-state index contributed by atoms with van der Waals surface area (Å²) >= 11 is 0. The highest BCUT2D eigenvalue weighted by Crippen LogP contribution is 2.24. The van der Waals surface area contributed by atoms with E-state index in [0.717, 1.165) is 48.5 Å². The molecule has 1 atom stereocenters. The van der Waals surface area contributed by atoms with Crippen molar-refractivity contribution in [1.29, 1.82) is 0 Å². The number of hydrogen-bond donors (Lipinski definition) is 3. The van der Waals surface area contributed by atoms with Gasteiger partial charge in [-0.05, 0) is 31.0 Å². The summed E-state index contributed by atoms with van der Waals surface area (Å²) < 4.78 is 0. The maximum absolute atomic E-state index is 12.3. The van der Waals surface area contributed by atoms with E-state index in [1.807, 2.05) is 24.4 Å². The molecule has 1 unspecified atom stereocenters. The molecule has 1 aliphatic rings. The zero-order valence-corrected chi connectivity index (χ0v) is 14.4. The molecule has 134 valence electrons. The first kappa shape index (κ1) is 16.3. The van der Waals surface area contributed by atoms with Crippen LogP contribution in [0.25, 0.3) is 11.0 Å². The molecule has 0 radical (unpaired) electrons. The predicted octanol–water partition coefficient (Wildman–Crippen LogP) is 1.55. The number of anilines is 2. The number of aromatic amines is 1. The Bertz CT molecular complexity index is 879. The largest absolute Gasteiger partial charge is 0.375 e. The van der Waals surface area contributed by atoms with Crippen LogP contribution in [0.4, 0.5) is 11.5 Å². The van der Waals surface area contributed by atoms with Gasteiger partial charge in [-0.2, -0.15) is 0 Å². The van der Waals surface area contributed by atoms with Crippen LogP contribution in [0.3, 0.4) is 0 Å². The number of pyridine rings is 1. The molecular weight excluding hydrogens is 330 g/mol. The van der Waals surface area contributed by atoms with Crippen molar-refractivity contribution in [2.24, 2.45) is 0 Å². The number of nitrogens with zero attached hydrogens (tertiary/aromatic N) is 4. The van der Waals surface area contributed by atoms with Gasteiger partial charge in [0.1, 0.15) is 17.8 Å². The lowest BCUT2D eigenvalue weighted by molar-refractivity contribution is -0.120. The molecule has 0 aliphatic carbocycles. The van der Waals surface area contributed by atoms with Crippen molar-refractivity contribution in [1.82, 2.24) is 25.3 Å². The topological polar surface area (TPSA) is 98.8 Å². The van der Waals surface area contributed by atoms with E-state index >= 15 is 0 Å². The van der Waals surface area contributed by atoms with Crippen LogP contribution in [-0.4, -0.2) is 51.5 Å². The lowest BCUT2D eigenvalue weighted by atomic mass is 10.1. The monoisotopic (exact) mass is 351 g/mol. The van der Waals surface area contributed by atoms with Crippen LogP contribution in [0.15, 0.2) is 43.1 Å². The van der Waals surface area contributed by atoms with Crippen molar-refractivity contribution < 1.29 is 4.79 Å². The van der Waals surface area contributed by atoms with Crippen LogP contribution in [0.5, 0.6) is 0 Å². The highest BCUT2D eigenvalue weighted by Gasteiger charge is 2.23. The number of hydrogen-bond acceptors (Lipinski definition) is 6. The van der Waals surface area contributed by atoms with Gasteiger partial charge in [0.05, 0.1) is 17.6 Å². The summed E-state index contributed by atoms with van der Waals surface area (Å²) in [7, 11) is 0. The van der Waals surface area contributed by atoms with Gasteiger partial charge >= 0.3 is 0 Å². The van der Waals surface area contributed by atoms with E-state index in [4.69, 9.17) is 0 Å². The normalized spacial score (nSPS) is 17.2. The fourth-order valence-corrected chi connectivity index (χ4v) is 3.33. The zero-order chi connectivity index (χ0) is 17.8. The minimum atomic E-state index is -0.0184. The van der Waals surface area contributed by atoms with Crippen molar-refractivity contribution in [2.45, 2.75) is 18.9 Å². The summed E-state index contributed by atoms with van der Waals surface area (Å²) in [6, 6.07) is 5.82. The van der Waals surface area contributed by atoms with Gasteiger partial charge in [-0.15, -0.1) is 0 Å². The third-order valence-electron chi connectivity index (χ3n) is 4.53. The molecule has 1 fully saturated rings. The van der Waals surface area contributed by atoms with Crippen molar-refractivity contribution in [3.63, 3.8) is 0 Å². The summed E-state index contributed by atoms with van der Waals surface area (Å²) in [5, 5.41) is 7.21. The number of carbonyl (C=O) groups is 1. The average molecular weight is 351 g/mol. The molecule has 3 aromatic rings. The minimum absolute atomic E-state index is 0.0184. The second-order valence-corrected chi connectivity index (χ2v) is 6.39. The van der Waals surface area contributed by atoms with Crippen LogP contribution in [0.1, 0.15) is 12.8 Å². The molecule has 8 heteroatoms. The highest BCUT2D eigenvalue weighted by molar-refractivity contribution is 5.87. The zero-order valence-electron chi connectivity index (χ0n) is 14.4. The molecule has 0 spiro atoms. The van der Waals surface area contributed by atoms with Gasteiger partial charge in [0, 0.05) is 37.7 Å². The summed E-state index contributed by atoms with van der Waals surface area (Å²) in [5.41, 5.74) is 1.67. The van der Waals surface area contributed by atoms with E-state index in [0.29, 0.717) is 0 Å². The molecule has 1 aliphatic heterocycles. The van der Waals surface area contributed by atoms with E-state index in [1.54, 1.807) is 18.7 Å².